The van der Waals surface area contributed by atoms with Crippen molar-refractivity contribution in [3.05, 3.63) is 63.9 Å². The number of hydrogen-bond acceptors (Lipinski definition) is 2. The summed E-state index contributed by atoms with van der Waals surface area (Å²) in [5.41, 5.74) is 2.23. The van der Waals surface area contributed by atoms with Gasteiger partial charge in [0.1, 0.15) is 11.9 Å². The summed E-state index contributed by atoms with van der Waals surface area (Å²) >= 11 is 3.41. The fraction of sp³-hybridized carbons (Fsp3) is 0.133. The van der Waals surface area contributed by atoms with Crippen molar-refractivity contribution in [2.75, 3.05) is 5.32 Å². The lowest BCUT2D eigenvalue weighted by molar-refractivity contribution is 0.627. The fourth-order valence-corrected chi connectivity index (χ4v) is 2.39. The van der Waals surface area contributed by atoms with E-state index in [1.165, 1.54) is 12.1 Å². The zero-order valence-electron chi connectivity index (χ0n) is 10.3. The molecule has 96 valence electrons. The Labute approximate surface area is 120 Å². The molecule has 2 aromatic carbocycles. The molecule has 0 aromatic heterocycles. The molecule has 0 fully saturated rings. The van der Waals surface area contributed by atoms with Gasteiger partial charge in [0, 0.05) is 15.7 Å². The van der Waals surface area contributed by atoms with Gasteiger partial charge in [-0.1, -0.05) is 34.1 Å². The minimum Gasteiger partial charge on any atom is -0.366 e. The molecule has 0 heterocycles. The van der Waals surface area contributed by atoms with Gasteiger partial charge in [-0.2, -0.15) is 5.26 Å². The van der Waals surface area contributed by atoms with E-state index in [-0.39, 0.29) is 5.82 Å². The van der Waals surface area contributed by atoms with Crippen LogP contribution in [0, 0.1) is 24.1 Å². The Morgan fingerprint density at radius 1 is 1.26 bits per heavy atom. The van der Waals surface area contributed by atoms with Crippen molar-refractivity contribution >= 4 is 21.6 Å². The molecule has 4 heteroatoms. The Morgan fingerprint density at radius 2 is 2.00 bits per heavy atom. The van der Waals surface area contributed by atoms with E-state index in [0.29, 0.717) is 5.69 Å². The molecule has 1 atom stereocenters. The second-order valence-electron chi connectivity index (χ2n) is 4.25. The second-order valence-corrected chi connectivity index (χ2v) is 5.10. The van der Waals surface area contributed by atoms with Crippen LogP contribution in [-0.2, 0) is 0 Å². The molecule has 0 aliphatic heterocycles. The molecule has 2 rings (SSSR count). The topological polar surface area (TPSA) is 35.8 Å². The van der Waals surface area contributed by atoms with E-state index in [9.17, 15) is 9.65 Å². The molecular formula is C15H12BrFN2. The first-order chi connectivity index (χ1) is 9.10. The van der Waals surface area contributed by atoms with Gasteiger partial charge in [0.25, 0.3) is 0 Å². The van der Waals surface area contributed by atoms with Crippen LogP contribution in [0.25, 0.3) is 0 Å². The van der Waals surface area contributed by atoms with Crippen LogP contribution in [0.3, 0.4) is 0 Å². The third-order valence-corrected chi connectivity index (χ3v) is 3.42. The number of halogens is 2. The molecule has 0 aliphatic carbocycles. The SMILES string of the molecule is Cc1cc(F)cc(NC(C#N)c2ccccc2Br)c1. The quantitative estimate of drug-likeness (QED) is 0.899. The lowest BCUT2D eigenvalue weighted by Crippen LogP contribution is -2.09. The summed E-state index contributed by atoms with van der Waals surface area (Å²) in [6, 6.07) is 13.8. The molecule has 0 saturated carbocycles. The average molecular weight is 319 g/mol. The van der Waals surface area contributed by atoms with E-state index in [4.69, 9.17) is 0 Å². The average Bonchev–Trinajstić information content (AvgIpc) is 2.36. The van der Waals surface area contributed by atoms with Crippen LogP contribution in [0.5, 0.6) is 0 Å². The van der Waals surface area contributed by atoms with Crippen LogP contribution >= 0.6 is 15.9 Å². The number of rotatable bonds is 3. The summed E-state index contributed by atoms with van der Waals surface area (Å²) < 4.78 is 14.2. The Balaban J connectivity index is 2.30. The second kappa shape index (κ2) is 5.85. The van der Waals surface area contributed by atoms with Crippen LogP contribution < -0.4 is 5.32 Å². The predicted molar refractivity (Wildman–Crippen MR) is 77.3 cm³/mol. The summed E-state index contributed by atoms with van der Waals surface area (Å²) in [6.07, 6.45) is 0. The maximum absolute atomic E-state index is 13.3. The molecule has 0 amide bonds. The van der Waals surface area contributed by atoms with Crippen molar-refractivity contribution in [3.63, 3.8) is 0 Å². The molecule has 0 radical (unpaired) electrons. The van der Waals surface area contributed by atoms with Gasteiger partial charge < -0.3 is 5.32 Å². The first kappa shape index (κ1) is 13.6. The molecule has 2 aromatic rings. The van der Waals surface area contributed by atoms with Gasteiger partial charge >= 0.3 is 0 Å². The molecule has 2 nitrogen and oxygen atoms in total. The first-order valence-corrected chi connectivity index (χ1v) is 6.57. The molecule has 0 spiro atoms. The number of nitriles is 1. The highest BCUT2D eigenvalue weighted by Crippen LogP contribution is 2.26. The van der Waals surface area contributed by atoms with Crippen molar-refractivity contribution in [2.45, 2.75) is 13.0 Å². The minimum absolute atomic E-state index is 0.314. The van der Waals surface area contributed by atoms with Gasteiger partial charge in [-0.05, 0) is 36.8 Å². The summed E-state index contributed by atoms with van der Waals surface area (Å²) in [4.78, 5) is 0. The third-order valence-electron chi connectivity index (χ3n) is 2.70. The zero-order valence-corrected chi connectivity index (χ0v) is 11.9. The van der Waals surface area contributed by atoms with Crippen molar-refractivity contribution in [1.82, 2.24) is 0 Å². The molecule has 0 aliphatic rings. The molecule has 0 saturated heterocycles. The number of nitrogens with one attached hydrogen (secondary N) is 1. The normalized spacial score (nSPS) is 11.7. The van der Waals surface area contributed by atoms with Crippen LogP contribution in [-0.4, -0.2) is 0 Å². The predicted octanol–water partition coefficient (Wildman–Crippen LogP) is 4.57. The highest BCUT2D eigenvalue weighted by atomic mass is 79.9. The summed E-state index contributed by atoms with van der Waals surface area (Å²) in [5, 5.41) is 12.3. The van der Waals surface area contributed by atoms with Gasteiger partial charge in [0.05, 0.1) is 6.07 Å². The summed E-state index contributed by atoms with van der Waals surface area (Å²) in [6.45, 7) is 1.81. The fourth-order valence-electron chi connectivity index (χ4n) is 1.88. The molecule has 19 heavy (non-hydrogen) atoms. The summed E-state index contributed by atoms with van der Waals surface area (Å²) in [7, 11) is 0. The van der Waals surface area contributed by atoms with Crippen LogP contribution in [0.15, 0.2) is 46.9 Å². The Morgan fingerprint density at radius 3 is 2.63 bits per heavy atom. The van der Waals surface area contributed by atoms with Gasteiger partial charge in [0.15, 0.2) is 0 Å². The summed E-state index contributed by atoms with van der Waals surface area (Å²) in [5.74, 6) is -0.314. The smallest absolute Gasteiger partial charge is 0.141 e. The number of benzene rings is 2. The third kappa shape index (κ3) is 3.33. The Hall–Kier alpha value is -1.86. The van der Waals surface area contributed by atoms with E-state index < -0.39 is 6.04 Å². The largest absolute Gasteiger partial charge is 0.366 e. The molecule has 1 N–H and O–H groups in total. The Kier molecular flexibility index (Phi) is 4.18. The minimum atomic E-state index is -0.531. The van der Waals surface area contributed by atoms with Crippen LogP contribution in [0.1, 0.15) is 17.2 Å². The standard InChI is InChI=1S/C15H12BrFN2/c1-10-6-11(17)8-12(7-10)19-15(9-18)13-4-2-3-5-14(13)16/h2-8,15,19H,1H3. The molecule has 0 bridgehead atoms. The maximum Gasteiger partial charge on any atom is 0.141 e. The van der Waals surface area contributed by atoms with Gasteiger partial charge in [-0.3, -0.25) is 0 Å². The lowest BCUT2D eigenvalue weighted by Gasteiger charge is -2.15. The first-order valence-electron chi connectivity index (χ1n) is 5.78. The van der Waals surface area contributed by atoms with Crippen LogP contribution in [0.2, 0.25) is 0 Å². The van der Waals surface area contributed by atoms with E-state index in [1.807, 2.05) is 37.3 Å². The lowest BCUT2D eigenvalue weighted by atomic mass is 10.1. The monoisotopic (exact) mass is 318 g/mol. The van der Waals surface area contributed by atoms with E-state index in [1.54, 1.807) is 0 Å². The van der Waals surface area contributed by atoms with E-state index in [0.717, 1.165) is 15.6 Å². The number of hydrogen-bond donors (Lipinski definition) is 1. The maximum atomic E-state index is 13.3. The van der Waals surface area contributed by atoms with Crippen molar-refractivity contribution in [1.29, 1.82) is 5.26 Å². The number of nitrogens with zero attached hydrogens (tertiary/aromatic N) is 1. The van der Waals surface area contributed by atoms with Crippen LogP contribution in [0.4, 0.5) is 10.1 Å². The van der Waals surface area contributed by atoms with E-state index >= 15 is 0 Å². The van der Waals surface area contributed by atoms with Gasteiger partial charge in [-0.15, -0.1) is 0 Å². The molecular weight excluding hydrogens is 307 g/mol. The Bertz CT molecular complexity index is 614. The van der Waals surface area contributed by atoms with Crippen molar-refractivity contribution in [3.8, 4) is 6.07 Å². The van der Waals surface area contributed by atoms with E-state index in [2.05, 4.69) is 27.3 Å². The van der Waals surface area contributed by atoms with Gasteiger partial charge in [0.2, 0.25) is 0 Å². The van der Waals surface area contributed by atoms with Gasteiger partial charge in [-0.25, -0.2) is 4.39 Å². The van der Waals surface area contributed by atoms with Crippen molar-refractivity contribution < 1.29 is 4.39 Å². The zero-order chi connectivity index (χ0) is 13.8. The molecule has 1 unspecified atom stereocenters. The highest BCUT2D eigenvalue weighted by molar-refractivity contribution is 9.10. The number of aryl methyl sites for hydroxylation is 1. The van der Waals surface area contributed by atoms with Crippen molar-refractivity contribution in [2.24, 2.45) is 0 Å². The number of anilines is 1. The highest BCUT2D eigenvalue weighted by Gasteiger charge is 2.13.